The lowest BCUT2D eigenvalue weighted by molar-refractivity contribution is 0.252. The molecule has 0 saturated carbocycles. The second-order valence-corrected chi connectivity index (χ2v) is 2.76. The van der Waals surface area contributed by atoms with Gasteiger partial charge in [-0.2, -0.15) is 0 Å². The van der Waals surface area contributed by atoms with Crippen LogP contribution in [0.15, 0.2) is 5.11 Å². The van der Waals surface area contributed by atoms with Crippen LogP contribution < -0.4 is 0 Å². The van der Waals surface area contributed by atoms with Gasteiger partial charge in [-0.05, 0) is 32.0 Å². The summed E-state index contributed by atoms with van der Waals surface area (Å²) in [5.41, 5.74) is 8.14. The Morgan fingerprint density at radius 2 is 2.50 bits per heavy atom. The van der Waals surface area contributed by atoms with E-state index >= 15 is 0 Å². The van der Waals surface area contributed by atoms with Gasteiger partial charge in [0.05, 0.1) is 6.04 Å². The maximum atomic E-state index is 8.14. The maximum absolute atomic E-state index is 8.14. The summed E-state index contributed by atoms with van der Waals surface area (Å²) < 4.78 is 0. The van der Waals surface area contributed by atoms with E-state index in [9.17, 15) is 0 Å². The summed E-state index contributed by atoms with van der Waals surface area (Å²) in [6.07, 6.45) is 2.20. The van der Waals surface area contributed by atoms with Crippen LogP contribution in [0.1, 0.15) is 12.8 Å². The molecule has 0 N–H and O–H groups in total. The lowest BCUT2D eigenvalue weighted by Crippen LogP contribution is -2.33. The molecular weight excluding hydrogens is 128 g/mol. The molecule has 1 heterocycles. The van der Waals surface area contributed by atoms with Crippen molar-refractivity contribution in [1.29, 1.82) is 0 Å². The van der Waals surface area contributed by atoms with Crippen molar-refractivity contribution >= 4 is 0 Å². The monoisotopic (exact) mass is 140 g/mol. The number of nitrogens with zero attached hydrogens (tertiary/aromatic N) is 4. The second kappa shape index (κ2) is 3.44. The second-order valence-electron chi connectivity index (χ2n) is 2.76. The zero-order valence-electron chi connectivity index (χ0n) is 6.19. The summed E-state index contributed by atoms with van der Waals surface area (Å²) >= 11 is 0. The van der Waals surface area contributed by atoms with Crippen LogP contribution in [0.25, 0.3) is 10.4 Å². The van der Waals surface area contributed by atoms with Gasteiger partial charge in [-0.3, -0.25) is 0 Å². The summed E-state index contributed by atoms with van der Waals surface area (Å²) in [5.74, 6) is 0. The fraction of sp³-hybridized carbons (Fsp3) is 1.00. The van der Waals surface area contributed by atoms with E-state index in [4.69, 9.17) is 5.53 Å². The highest BCUT2D eigenvalue weighted by Crippen LogP contribution is 2.10. The molecule has 0 amide bonds. The highest BCUT2D eigenvalue weighted by molar-refractivity contribution is 4.75. The lowest BCUT2D eigenvalue weighted by atomic mass is 10.1. The predicted molar refractivity (Wildman–Crippen MR) is 39.7 cm³/mol. The van der Waals surface area contributed by atoms with Crippen LogP contribution in [0.3, 0.4) is 0 Å². The Morgan fingerprint density at radius 1 is 1.70 bits per heavy atom. The molecule has 1 atom stereocenters. The number of piperidine rings is 1. The largest absolute Gasteiger partial charge is 0.306 e. The summed E-state index contributed by atoms with van der Waals surface area (Å²) in [7, 11) is 2.05. The van der Waals surface area contributed by atoms with E-state index in [1.54, 1.807) is 0 Å². The molecule has 1 aliphatic rings. The van der Waals surface area contributed by atoms with Crippen molar-refractivity contribution in [3.8, 4) is 0 Å². The zero-order chi connectivity index (χ0) is 7.40. The third-order valence-corrected chi connectivity index (χ3v) is 1.81. The van der Waals surface area contributed by atoms with E-state index in [1.807, 2.05) is 0 Å². The minimum absolute atomic E-state index is 0.212. The highest BCUT2D eigenvalue weighted by atomic mass is 15.2. The molecule has 1 aliphatic heterocycles. The van der Waals surface area contributed by atoms with Crippen molar-refractivity contribution in [2.24, 2.45) is 5.11 Å². The predicted octanol–water partition coefficient (Wildman–Crippen LogP) is 1.39. The molecule has 0 aromatic carbocycles. The van der Waals surface area contributed by atoms with Crippen LogP contribution in [-0.2, 0) is 0 Å². The molecule has 10 heavy (non-hydrogen) atoms. The first kappa shape index (κ1) is 7.38. The number of azide groups is 1. The van der Waals surface area contributed by atoms with E-state index < -0.39 is 0 Å². The Hall–Kier alpha value is -0.730. The maximum Gasteiger partial charge on any atom is 0.0501 e. The van der Waals surface area contributed by atoms with Crippen molar-refractivity contribution in [3.63, 3.8) is 0 Å². The van der Waals surface area contributed by atoms with Crippen molar-refractivity contribution in [2.75, 3.05) is 20.1 Å². The standard InChI is InChI=1S/C6H12N4/c1-10-4-2-3-6(5-10)8-9-7/h6H,2-5H2,1H3. The molecule has 0 radical (unpaired) electrons. The average Bonchev–Trinajstić information content (AvgIpc) is 1.88. The smallest absolute Gasteiger partial charge is 0.0501 e. The fourth-order valence-corrected chi connectivity index (χ4v) is 1.31. The van der Waals surface area contributed by atoms with Gasteiger partial charge in [0.15, 0.2) is 0 Å². The molecule has 0 aliphatic carbocycles. The SMILES string of the molecule is CN1CCCC(N=[N+]=[N-])C1. The molecule has 1 fully saturated rings. The van der Waals surface area contributed by atoms with Crippen LogP contribution >= 0.6 is 0 Å². The van der Waals surface area contributed by atoms with E-state index in [2.05, 4.69) is 22.0 Å². The minimum Gasteiger partial charge on any atom is -0.306 e. The first-order valence-electron chi connectivity index (χ1n) is 3.55. The highest BCUT2D eigenvalue weighted by Gasteiger charge is 2.14. The number of likely N-dealkylation sites (tertiary alicyclic amines) is 1. The summed E-state index contributed by atoms with van der Waals surface area (Å²) in [4.78, 5) is 4.99. The molecule has 0 aromatic heterocycles. The van der Waals surface area contributed by atoms with Crippen LogP contribution in [-0.4, -0.2) is 31.1 Å². The number of hydrogen-bond acceptors (Lipinski definition) is 2. The molecule has 56 valence electrons. The van der Waals surface area contributed by atoms with Crippen molar-refractivity contribution < 1.29 is 0 Å². The normalized spacial score (nSPS) is 27.5. The van der Waals surface area contributed by atoms with Gasteiger partial charge in [0.25, 0.3) is 0 Å². The molecule has 1 unspecified atom stereocenters. The van der Waals surface area contributed by atoms with Gasteiger partial charge < -0.3 is 4.90 Å². The Labute approximate surface area is 60.5 Å². The van der Waals surface area contributed by atoms with Crippen LogP contribution in [0.4, 0.5) is 0 Å². The number of hydrogen-bond donors (Lipinski definition) is 0. The molecule has 4 nitrogen and oxygen atoms in total. The topological polar surface area (TPSA) is 52.0 Å². The summed E-state index contributed by atoms with van der Waals surface area (Å²) in [6.45, 7) is 2.06. The van der Waals surface area contributed by atoms with Crippen LogP contribution in [0, 0.1) is 0 Å². The summed E-state index contributed by atoms with van der Waals surface area (Å²) in [6, 6.07) is 0.212. The third kappa shape index (κ3) is 1.90. The zero-order valence-corrected chi connectivity index (χ0v) is 6.19. The van der Waals surface area contributed by atoms with Gasteiger partial charge in [-0.15, -0.1) is 0 Å². The molecular formula is C6H12N4. The fourth-order valence-electron chi connectivity index (χ4n) is 1.31. The summed E-state index contributed by atoms with van der Waals surface area (Å²) in [5, 5.41) is 3.67. The number of likely N-dealkylation sites (N-methyl/N-ethyl adjacent to an activating group) is 1. The molecule has 1 saturated heterocycles. The Kier molecular flexibility index (Phi) is 2.54. The van der Waals surface area contributed by atoms with Crippen LogP contribution in [0.5, 0.6) is 0 Å². The Bertz CT molecular complexity index is 150. The van der Waals surface area contributed by atoms with E-state index in [0.717, 1.165) is 25.9 Å². The quantitative estimate of drug-likeness (QED) is 0.308. The van der Waals surface area contributed by atoms with Crippen molar-refractivity contribution in [3.05, 3.63) is 10.4 Å². The third-order valence-electron chi connectivity index (χ3n) is 1.81. The van der Waals surface area contributed by atoms with Gasteiger partial charge in [0.1, 0.15) is 0 Å². The van der Waals surface area contributed by atoms with Crippen LogP contribution in [0.2, 0.25) is 0 Å². The molecule has 1 rings (SSSR count). The first-order valence-corrected chi connectivity index (χ1v) is 3.55. The molecule has 0 bridgehead atoms. The van der Waals surface area contributed by atoms with Gasteiger partial charge in [-0.25, -0.2) is 0 Å². The number of rotatable bonds is 1. The minimum atomic E-state index is 0.212. The van der Waals surface area contributed by atoms with Crippen molar-refractivity contribution in [1.82, 2.24) is 4.90 Å². The van der Waals surface area contributed by atoms with E-state index in [-0.39, 0.29) is 6.04 Å². The molecule has 0 aromatic rings. The van der Waals surface area contributed by atoms with Gasteiger partial charge >= 0.3 is 0 Å². The Balaban J connectivity index is 2.39. The average molecular weight is 140 g/mol. The van der Waals surface area contributed by atoms with Gasteiger partial charge in [0.2, 0.25) is 0 Å². The molecule has 4 heteroatoms. The lowest BCUT2D eigenvalue weighted by Gasteiger charge is -2.26. The van der Waals surface area contributed by atoms with Crippen molar-refractivity contribution in [2.45, 2.75) is 18.9 Å². The Morgan fingerprint density at radius 3 is 3.10 bits per heavy atom. The van der Waals surface area contributed by atoms with Gasteiger partial charge in [-0.1, -0.05) is 5.11 Å². The van der Waals surface area contributed by atoms with E-state index in [1.165, 1.54) is 0 Å². The van der Waals surface area contributed by atoms with E-state index in [0.29, 0.717) is 0 Å². The first-order chi connectivity index (χ1) is 4.83. The van der Waals surface area contributed by atoms with Gasteiger partial charge in [0, 0.05) is 11.5 Å². The molecule has 0 spiro atoms.